The molecule has 0 saturated heterocycles. The number of amides is 1. The minimum Gasteiger partial charge on any atom is -0.399 e. The highest BCUT2D eigenvalue weighted by Crippen LogP contribution is 2.32. The molecule has 1 atom stereocenters. The maximum atomic E-state index is 13.4. The van der Waals surface area contributed by atoms with Crippen LogP contribution in [0.5, 0.6) is 0 Å². The first-order chi connectivity index (χ1) is 17.3. The summed E-state index contributed by atoms with van der Waals surface area (Å²) in [6, 6.07) is 21.0. The number of nitrogens with two attached hydrogens (primary N) is 2. The zero-order valence-electron chi connectivity index (χ0n) is 20.6. The molecule has 7 nitrogen and oxygen atoms in total. The minimum atomic E-state index is -0.515. The van der Waals surface area contributed by atoms with Crippen LogP contribution in [0.3, 0.4) is 0 Å². The van der Waals surface area contributed by atoms with Gasteiger partial charge < -0.3 is 16.6 Å². The van der Waals surface area contributed by atoms with Gasteiger partial charge in [0, 0.05) is 29.8 Å². The first-order valence-corrected chi connectivity index (χ1v) is 12.1. The molecule has 0 aromatic heterocycles. The van der Waals surface area contributed by atoms with Gasteiger partial charge in [-0.25, -0.2) is 10.1 Å². The molecule has 0 radical (unpaired) electrons. The number of hydrogen-bond acceptors (Lipinski definition) is 6. The summed E-state index contributed by atoms with van der Waals surface area (Å²) in [4.78, 5) is 23.9. The molecule has 0 aliphatic carbocycles. The van der Waals surface area contributed by atoms with Crippen molar-refractivity contribution in [2.24, 2.45) is 10.7 Å². The predicted octanol–water partition coefficient (Wildman–Crippen LogP) is 5.14. The number of fused-ring (bicyclic) bond motifs is 1. The molecule has 4 rings (SSSR count). The Hall–Kier alpha value is -3.94. The Bertz CT molecular complexity index is 1280. The number of rotatable bonds is 8. The van der Waals surface area contributed by atoms with Gasteiger partial charge in [0.25, 0.3) is 5.91 Å². The van der Waals surface area contributed by atoms with Gasteiger partial charge in [0.15, 0.2) is 0 Å². The van der Waals surface area contributed by atoms with Crippen LogP contribution >= 0.6 is 0 Å². The van der Waals surface area contributed by atoms with E-state index in [4.69, 9.17) is 16.3 Å². The van der Waals surface area contributed by atoms with Crippen molar-refractivity contribution in [3.05, 3.63) is 89.0 Å². The second-order valence-corrected chi connectivity index (χ2v) is 8.94. The summed E-state index contributed by atoms with van der Waals surface area (Å²) in [7, 11) is 0. The van der Waals surface area contributed by atoms with Crippen molar-refractivity contribution in [3.63, 3.8) is 0 Å². The molecule has 1 aliphatic heterocycles. The lowest BCUT2D eigenvalue weighted by molar-refractivity contribution is -0.187. The Labute approximate surface area is 211 Å². The van der Waals surface area contributed by atoms with Crippen LogP contribution in [0.15, 0.2) is 77.3 Å². The van der Waals surface area contributed by atoms with Crippen LogP contribution in [0.25, 0.3) is 17.2 Å². The first kappa shape index (κ1) is 25.2. The molecule has 1 aliphatic rings. The van der Waals surface area contributed by atoms with Crippen LogP contribution in [0.2, 0.25) is 0 Å². The number of nitrogen functional groups attached to an aromatic ring is 1. The highest BCUT2D eigenvalue weighted by Gasteiger charge is 2.22. The molecule has 0 bridgehead atoms. The van der Waals surface area contributed by atoms with E-state index in [-0.39, 0.29) is 18.9 Å². The molecule has 1 amide bonds. The average Bonchev–Trinajstić information content (AvgIpc) is 3.04. The van der Waals surface area contributed by atoms with Gasteiger partial charge in [0.2, 0.25) is 0 Å². The minimum absolute atomic E-state index is 0.226. The number of benzene rings is 3. The third-order valence-corrected chi connectivity index (χ3v) is 6.02. The highest BCUT2D eigenvalue weighted by molar-refractivity contribution is 6.05. The average molecular weight is 485 g/mol. The van der Waals surface area contributed by atoms with Crippen LogP contribution < -0.4 is 11.5 Å². The lowest BCUT2D eigenvalue weighted by Gasteiger charge is -2.22. The van der Waals surface area contributed by atoms with Crippen molar-refractivity contribution < 1.29 is 14.7 Å². The number of amidine groups is 1. The van der Waals surface area contributed by atoms with Crippen LogP contribution in [0.1, 0.15) is 49.5 Å². The van der Waals surface area contributed by atoms with E-state index in [2.05, 4.69) is 4.99 Å². The van der Waals surface area contributed by atoms with Gasteiger partial charge in [-0.2, -0.15) is 0 Å². The normalized spacial score (nSPS) is 13.8. The van der Waals surface area contributed by atoms with Crippen LogP contribution in [0, 0.1) is 0 Å². The molecule has 0 unspecified atom stereocenters. The van der Waals surface area contributed by atoms with Crippen molar-refractivity contribution in [1.29, 1.82) is 0 Å². The van der Waals surface area contributed by atoms with E-state index in [0.29, 0.717) is 29.3 Å². The fourth-order valence-corrected chi connectivity index (χ4v) is 4.02. The molecule has 186 valence electrons. The Kier molecular flexibility index (Phi) is 7.83. The maximum absolute atomic E-state index is 13.4. The van der Waals surface area contributed by atoms with Crippen molar-refractivity contribution in [3.8, 4) is 11.1 Å². The number of aliphatic hydroxyl groups excluding tert-OH is 1. The summed E-state index contributed by atoms with van der Waals surface area (Å²) in [6.45, 7) is 4.45. The molecule has 3 aromatic carbocycles. The maximum Gasteiger partial charge on any atom is 0.273 e. The number of nitrogens with zero attached hydrogens (tertiary/aromatic N) is 2. The number of carbonyl (C=O) groups excluding carboxylic acids is 1. The van der Waals surface area contributed by atoms with E-state index in [1.807, 2.05) is 79.7 Å². The quantitative estimate of drug-likeness (QED) is 0.303. The molecule has 0 saturated carbocycles. The van der Waals surface area contributed by atoms with Gasteiger partial charge in [-0.1, -0.05) is 55.5 Å². The Morgan fingerprint density at radius 3 is 2.42 bits per heavy atom. The summed E-state index contributed by atoms with van der Waals surface area (Å²) in [5.41, 5.74) is 18.5. The van der Waals surface area contributed by atoms with E-state index in [9.17, 15) is 9.90 Å². The lowest BCUT2D eigenvalue weighted by Crippen LogP contribution is -2.34. The number of hydroxylamine groups is 2. The molecule has 0 spiro atoms. The molecular formula is C29H32N4O3. The summed E-state index contributed by atoms with van der Waals surface area (Å²) in [5, 5.41) is 11.2. The zero-order chi connectivity index (χ0) is 25.7. The van der Waals surface area contributed by atoms with Gasteiger partial charge in [-0.15, -0.1) is 0 Å². The number of hydrogen-bond donors (Lipinski definition) is 3. The zero-order valence-corrected chi connectivity index (χ0v) is 20.6. The molecule has 3 aromatic rings. The number of anilines is 1. The number of aliphatic hydroxyl groups is 1. The number of aliphatic imine (C=N–C) groups is 1. The Balaban J connectivity index is 1.57. The van der Waals surface area contributed by atoms with Crippen LogP contribution in [-0.4, -0.2) is 28.5 Å². The fourth-order valence-electron chi connectivity index (χ4n) is 4.02. The van der Waals surface area contributed by atoms with Crippen molar-refractivity contribution in [1.82, 2.24) is 5.06 Å². The highest BCUT2D eigenvalue weighted by atomic mass is 16.7. The van der Waals surface area contributed by atoms with E-state index in [1.54, 1.807) is 6.92 Å². The van der Waals surface area contributed by atoms with E-state index in [0.717, 1.165) is 34.2 Å². The summed E-state index contributed by atoms with van der Waals surface area (Å²) in [6.07, 6.45) is 2.31. The molecule has 1 heterocycles. The summed E-state index contributed by atoms with van der Waals surface area (Å²) < 4.78 is 0. The first-order valence-electron chi connectivity index (χ1n) is 12.1. The third-order valence-electron chi connectivity index (χ3n) is 6.02. The van der Waals surface area contributed by atoms with Crippen molar-refractivity contribution >= 4 is 29.2 Å². The molecular weight excluding hydrogens is 452 g/mol. The van der Waals surface area contributed by atoms with Gasteiger partial charge in [-0.3, -0.25) is 9.63 Å². The molecule has 36 heavy (non-hydrogen) atoms. The lowest BCUT2D eigenvalue weighted by atomic mass is 9.99. The van der Waals surface area contributed by atoms with E-state index < -0.39 is 6.10 Å². The molecule has 7 heteroatoms. The second-order valence-electron chi connectivity index (χ2n) is 8.94. The SMILES string of the molecule is CCCN(OCc1ccc(N)cc1)C(=O)C1=Cc2ccc(-c3ccc([C@H](C)O)cc3)cc2N=C(N)C1. The fraction of sp³-hybridized carbons (Fsp3) is 0.241. The Morgan fingerprint density at radius 2 is 1.75 bits per heavy atom. The third kappa shape index (κ3) is 6.00. The van der Waals surface area contributed by atoms with Gasteiger partial charge >= 0.3 is 0 Å². The molecule has 0 fully saturated rings. The second kappa shape index (κ2) is 11.2. The van der Waals surface area contributed by atoms with Gasteiger partial charge in [0.05, 0.1) is 11.8 Å². The predicted molar refractivity (Wildman–Crippen MR) is 144 cm³/mol. The van der Waals surface area contributed by atoms with Crippen LogP contribution in [0.4, 0.5) is 11.4 Å². The smallest absolute Gasteiger partial charge is 0.273 e. The monoisotopic (exact) mass is 484 g/mol. The van der Waals surface area contributed by atoms with Gasteiger partial charge in [-0.05, 0) is 59.9 Å². The Morgan fingerprint density at radius 1 is 1.06 bits per heavy atom. The van der Waals surface area contributed by atoms with Gasteiger partial charge in [0.1, 0.15) is 12.4 Å². The number of carbonyl (C=O) groups is 1. The standard InChI is InChI=1S/C29H32N4O3/c1-3-14-33(36-18-20-4-12-26(30)13-5-20)29(35)25-15-24-11-10-23(16-27(24)32-28(31)17-25)22-8-6-21(7-9-22)19(2)34/h4-13,15-16,19,34H,3,14,17-18,30H2,1-2H3,(H2,31,32)/t19-/m0/s1. The topological polar surface area (TPSA) is 114 Å². The largest absolute Gasteiger partial charge is 0.399 e. The molecule has 5 N–H and O–H groups in total. The summed E-state index contributed by atoms with van der Waals surface area (Å²) >= 11 is 0. The van der Waals surface area contributed by atoms with Crippen molar-refractivity contribution in [2.45, 2.75) is 39.4 Å². The van der Waals surface area contributed by atoms with E-state index >= 15 is 0 Å². The van der Waals surface area contributed by atoms with Crippen LogP contribution in [-0.2, 0) is 16.2 Å². The van der Waals surface area contributed by atoms with Crippen molar-refractivity contribution in [2.75, 3.05) is 12.3 Å². The summed E-state index contributed by atoms with van der Waals surface area (Å²) in [5.74, 6) is 0.140. The van der Waals surface area contributed by atoms with E-state index in [1.165, 1.54) is 5.06 Å².